The highest BCUT2D eigenvalue weighted by Gasteiger charge is 2.14. The lowest BCUT2D eigenvalue weighted by atomic mass is 10.2. The molecule has 1 rings (SSSR count). The summed E-state index contributed by atoms with van der Waals surface area (Å²) in [5, 5.41) is 0.308. The molecule has 1 aromatic heterocycles. The average molecular weight is 273 g/mol. The van der Waals surface area contributed by atoms with Gasteiger partial charge in [-0.25, -0.2) is 4.98 Å². The van der Waals surface area contributed by atoms with Crippen LogP contribution in [0.3, 0.4) is 0 Å². The average Bonchev–Trinajstić information content (AvgIpc) is 2.27. The van der Waals surface area contributed by atoms with Gasteiger partial charge in [-0.15, -0.1) is 0 Å². The van der Waals surface area contributed by atoms with Gasteiger partial charge in [-0.05, 0) is 32.2 Å². The minimum atomic E-state index is 0.0994. The number of halogens is 2. The topological polar surface area (TPSA) is 41.4 Å². The lowest BCUT2D eigenvalue weighted by molar-refractivity contribution is 0.939. The Morgan fingerprint density at radius 3 is 2.65 bits per heavy atom. The van der Waals surface area contributed by atoms with E-state index in [1.165, 1.54) is 5.57 Å². The monoisotopic (exact) mass is 272 g/mol. The third-order valence-corrected chi connectivity index (χ3v) is 2.73. The van der Waals surface area contributed by atoms with Gasteiger partial charge in [0, 0.05) is 13.6 Å². The lowest BCUT2D eigenvalue weighted by Gasteiger charge is -2.20. The van der Waals surface area contributed by atoms with Crippen LogP contribution in [0.4, 0.5) is 11.5 Å². The van der Waals surface area contributed by atoms with Crippen LogP contribution in [0.15, 0.2) is 16.6 Å². The Kier molecular flexibility index (Phi) is 4.90. The Labute approximate surface area is 111 Å². The van der Waals surface area contributed by atoms with E-state index in [0.29, 0.717) is 18.1 Å². The molecule has 1 aromatic rings. The first kappa shape index (κ1) is 13.9. The number of nitrogens with zero attached hydrogens (tertiary/aromatic N) is 4. The number of aromatic nitrogens is 2. The summed E-state index contributed by atoms with van der Waals surface area (Å²) in [4.78, 5) is 13.7. The Hall–Kier alpha value is -1.13. The van der Waals surface area contributed by atoms with Gasteiger partial charge in [0.15, 0.2) is 11.0 Å². The summed E-state index contributed by atoms with van der Waals surface area (Å²) in [7, 11) is 1.89. The first-order valence-corrected chi connectivity index (χ1v) is 5.77. The number of anilines is 1. The highest BCUT2D eigenvalue weighted by atomic mass is 35.5. The summed E-state index contributed by atoms with van der Waals surface area (Å²) < 4.78 is 0. The Morgan fingerprint density at radius 1 is 1.47 bits per heavy atom. The zero-order valence-electron chi connectivity index (χ0n) is 10.0. The van der Waals surface area contributed by atoms with E-state index in [1.807, 2.05) is 31.9 Å². The molecule has 92 valence electrons. The van der Waals surface area contributed by atoms with Gasteiger partial charge in [-0.2, -0.15) is 4.98 Å². The highest BCUT2D eigenvalue weighted by Crippen LogP contribution is 2.33. The lowest BCUT2D eigenvalue weighted by Crippen LogP contribution is -2.21. The molecule has 4 nitrogen and oxygen atoms in total. The van der Waals surface area contributed by atoms with Crippen LogP contribution in [0, 0.1) is 0 Å². The van der Waals surface area contributed by atoms with E-state index in [2.05, 4.69) is 21.7 Å². The maximum atomic E-state index is 5.94. The van der Waals surface area contributed by atoms with Crippen LogP contribution < -0.4 is 4.90 Å². The van der Waals surface area contributed by atoms with Crippen LogP contribution in [-0.4, -0.2) is 30.3 Å². The molecule has 17 heavy (non-hydrogen) atoms. The number of allylic oxidation sites excluding steroid dienone is 1. The second-order valence-electron chi connectivity index (χ2n) is 3.60. The zero-order chi connectivity index (χ0) is 13.0. The summed E-state index contributed by atoms with van der Waals surface area (Å²) >= 11 is 11.7. The van der Waals surface area contributed by atoms with Crippen molar-refractivity contribution in [2.24, 2.45) is 4.99 Å². The van der Waals surface area contributed by atoms with Crippen LogP contribution in [0.5, 0.6) is 0 Å². The van der Waals surface area contributed by atoms with Crippen molar-refractivity contribution in [3.8, 4) is 0 Å². The van der Waals surface area contributed by atoms with Crippen molar-refractivity contribution in [2.45, 2.75) is 13.8 Å². The van der Waals surface area contributed by atoms with E-state index in [0.717, 1.165) is 0 Å². The van der Waals surface area contributed by atoms with E-state index in [-0.39, 0.29) is 10.4 Å². The zero-order valence-corrected chi connectivity index (χ0v) is 11.5. The maximum Gasteiger partial charge on any atom is 0.225 e. The fourth-order valence-electron chi connectivity index (χ4n) is 1.33. The van der Waals surface area contributed by atoms with Gasteiger partial charge >= 0.3 is 0 Å². The first-order chi connectivity index (χ1) is 7.99. The van der Waals surface area contributed by atoms with Crippen molar-refractivity contribution < 1.29 is 0 Å². The molecular formula is C11H14Cl2N4. The molecular weight excluding hydrogens is 259 g/mol. The summed E-state index contributed by atoms with van der Waals surface area (Å²) in [5.41, 5.74) is 1.65. The second-order valence-corrected chi connectivity index (χ2v) is 4.30. The molecule has 0 amide bonds. The van der Waals surface area contributed by atoms with Crippen molar-refractivity contribution in [3.63, 3.8) is 0 Å². The van der Waals surface area contributed by atoms with Gasteiger partial charge < -0.3 is 4.90 Å². The first-order valence-electron chi connectivity index (χ1n) is 5.02. The number of hydrogen-bond donors (Lipinski definition) is 0. The molecule has 0 spiro atoms. The minimum absolute atomic E-state index is 0.0994. The molecule has 1 heterocycles. The number of rotatable bonds is 4. The van der Waals surface area contributed by atoms with Crippen LogP contribution in [-0.2, 0) is 0 Å². The molecule has 0 radical (unpaired) electrons. The molecule has 0 unspecified atom stereocenters. The molecule has 0 atom stereocenters. The second kappa shape index (κ2) is 5.98. The van der Waals surface area contributed by atoms with Crippen LogP contribution >= 0.6 is 23.2 Å². The number of likely N-dealkylation sites (N-methyl/N-ethyl adjacent to an activating group) is 1. The predicted octanol–water partition coefficient (Wildman–Crippen LogP) is 3.52. The van der Waals surface area contributed by atoms with Gasteiger partial charge in [0.2, 0.25) is 5.28 Å². The van der Waals surface area contributed by atoms with Crippen molar-refractivity contribution in [3.05, 3.63) is 22.1 Å². The Morgan fingerprint density at radius 2 is 2.12 bits per heavy atom. The van der Waals surface area contributed by atoms with Gasteiger partial charge in [0.05, 0.1) is 0 Å². The van der Waals surface area contributed by atoms with E-state index in [1.54, 1.807) is 0 Å². The molecule has 0 saturated carbocycles. The van der Waals surface area contributed by atoms with Crippen LogP contribution in [0.2, 0.25) is 10.4 Å². The molecule has 0 bridgehead atoms. The van der Waals surface area contributed by atoms with Gasteiger partial charge in [0.25, 0.3) is 0 Å². The molecule has 0 aromatic carbocycles. The van der Waals surface area contributed by atoms with E-state index < -0.39 is 0 Å². The molecule has 0 aliphatic carbocycles. The quantitative estimate of drug-likeness (QED) is 0.365. The predicted molar refractivity (Wildman–Crippen MR) is 74.0 cm³/mol. The SMILES string of the molecule is C=Nc1c(Cl)nc(Cl)nc1N(C)C/C(C)=C/C. The largest absolute Gasteiger partial charge is 0.354 e. The third kappa shape index (κ3) is 3.41. The van der Waals surface area contributed by atoms with E-state index in [4.69, 9.17) is 23.2 Å². The Bertz CT molecular complexity index is 457. The Balaban J connectivity index is 3.15. The van der Waals surface area contributed by atoms with Crippen LogP contribution in [0.1, 0.15) is 13.8 Å². The van der Waals surface area contributed by atoms with Crippen molar-refractivity contribution in [1.82, 2.24) is 9.97 Å². The number of aliphatic imine (C=N–C) groups is 1. The molecule has 0 aliphatic rings. The molecule has 6 heteroatoms. The number of hydrogen-bond acceptors (Lipinski definition) is 4. The van der Waals surface area contributed by atoms with E-state index >= 15 is 0 Å². The fraction of sp³-hybridized carbons (Fsp3) is 0.364. The smallest absolute Gasteiger partial charge is 0.225 e. The molecule has 0 N–H and O–H groups in total. The highest BCUT2D eigenvalue weighted by molar-refractivity contribution is 6.34. The summed E-state index contributed by atoms with van der Waals surface area (Å²) in [6.07, 6.45) is 2.03. The normalized spacial score (nSPS) is 11.5. The summed E-state index contributed by atoms with van der Waals surface area (Å²) in [5.74, 6) is 0.575. The van der Waals surface area contributed by atoms with Gasteiger partial charge in [-0.3, -0.25) is 4.99 Å². The van der Waals surface area contributed by atoms with Crippen molar-refractivity contribution >= 4 is 41.4 Å². The van der Waals surface area contributed by atoms with Crippen molar-refractivity contribution in [2.75, 3.05) is 18.5 Å². The van der Waals surface area contributed by atoms with Gasteiger partial charge in [0.1, 0.15) is 5.69 Å². The summed E-state index contributed by atoms with van der Waals surface area (Å²) in [6.45, 7) is 8.19. The maximum absolute atomic E-state index is 5.94. The third-order valence-electron chi connectivity index (χ3n) is 2.29. The molecule has 0 saturated heterocycles. The fourth-order valence-corrected chi connectivity index (χ4v) is 1.77. The van der Waals surface area contributed by atoms with Crippen molar-refractivity contribution in [1.29, 1.82) is 0 Å². The van der Waals surface area contributed by atoms with Crippen LogP contribution in [0.25, 0.3) is 0 Å². The standard InChI is InChI=1S/C11H14Cl2N4/c1-5-7(2)6-17(4)10-8(14-3)9(12)15-11(13)16-10/h5H,3,6H2,1-2,4H3/b7-5+. The van der Waals surface area contributed by atoms with E-state index in [9.17, 15) is 0 Å². The molecule has 0 aliphatic heterocycles. The van der Waals surface area contributed by atoms with Gasteiger partial charge in [-0.1, -0.05) is 23.3 Å². The minimum Gasteiger partial charge on any atom is -0.354 e. The molecule has 0 fully saturated rings. The summed E-state index contributed by atoms with van der Waals surface area (Å²) in [6, 6.07) is 0.